The van der Waals surface area contributed by atoms with Crippen LogP contribution >= 0.6 is 0 Å². The highest BCUT2D eigenvalue weighted by Crippen LogP contribution is 2.32. The summed E-state index contributed by atoms with van der Waals surface area (Å²) in [5.41, 5.74) is 4.61. The molecule has 122 valence electrons. The third-order valence-electron chi connectivity index (χ3n) is 2.96. The molecule has 0 saturated heterocycles. The van der Waals surface area contributed by atoms with Crippen LogP contribution in [0.4, 0.5) is 5.69 Å². The van der Waals surface area contributed by atoms with Crippen LogP contribution in [-0.2, 0) is 19.9 Å². The van der Waals surface area contributed by atoms with Crippen molar-refractivity contribution < 1.29 is 26.7 Å². The van der Waals surface area contributed by atoms with Gasteiger partial charge in [-0.2, -0.15) is 0 Å². The van der Waals surface area contributed by atoms with E-state index in [4.69, 9.17) is 16.0 Å². The molecule has 2 aromatic rings. The fraction of sp³-hybridized carbons (Fsp3) is 0. The maximum Gasteiger partial charge on any atom is 0.335 e. The molecular formula is C13H12N2O6S2. The van der Waals surface area contributed by atoms with E-state index in [1.165, 1.54) is 24.3 Å². The number of carbonyl (C=O) groups is 1. The highest BCUT2D eigenvalue weighted by atomic mass is 32.2. The third kappa shape index (κ3) is 3.18. The maximum absolute atomic E-state index is 12.7. The van der Waals surface area contributed by atoms with Gasteiger partial charge in [0, 0.05) is 0 Å². The summed E-state index contributed by atoms with van der Waals surface area (Å²) in [7, 11) is -8.83. The first-order valence-electron chi connectivity index (χ1n) is 6.05. The Morgan fingerprint density at radius 1 is 1.00 bits per heavy atom. The van der Waals surface area contributed by atoms with Gasteiger partial charge < -0.3 is 10.8 Å². The van der Waals surface area contributed by atoms with Gasteiger partial charge in [0.25, 0.3) is 0 Å². The highest BCUT2D eigenvalue weighted by molar-refractivity contribution is 7.93. The van der Waals surface area contributed by atoms with Crippen LogP contribution in [0.2, 0.25) is 0 Å². The number of rotatable bonds is 4. The average Bonchev–Trinajstić information content (AvgIpc) is 2.46. The largest absolute Gasteiger partial charge is 0.478 e. The van der Waals surface area contributed by atoms with Gasteiger partial charge in [-0.15, -0.1) is 0 Å². The van der Waals surface area contributed by atoms with Crippen LogP contribution in [0.5, 0.6) is 0 Å². The van der Waals surface area contributed by atoms with Crippen molar-refractivity contribution in [2.45, 2.75) is 14.7 Å². The molecule has 0 aromatic heterocycles. The molecule has 2 rings (SSSR count). The highest BCUT2D eigenvalue weighted by Gasteiger charge is 2.30. The molecule has 0 saturated carbocycles. The second-order valence-corrected chi connectivity index (χ2v) is 7.98. The summed E-state index contributed by atoms with van der Waals surface area (Å²) in [6.45, 7) is 0. The number of anilines is 1. The van der Waals surface area contributed by atoms with Crippen LogP contribution in [0.25, 0.3) is 0 Å². The normalized spacial score (nSPS) is 12.0. The van der Waals surface area contributed by atoms with Crippen LogP contribution in [-0.4, -0.2) is 27.9 Å². The SMILES string of the molecule is Nc1cc(C(=O)O)cc(S(N)(=O)=O)c1S(=O)(=O)c1ccccc1. The van der Waals surface area contributed by atoms with Crippen LogP contribution in [0, 0.1) is 0 Å². The number of carboxylic acid groups (broad SMARTS) is 1. The first kappa shape index (κ1) is 16.9. The van der Waals surface area contributed by atoms with Gasteiger partial charge in [-0.1, -0.05) is 18.2 Å². The van der Waals surface area contributed by atoms with Crippen molar-refractivity contribution in [3.05, 3.63) is 48.0 Å². The smallest absolute Gasteiger partial charge is 0.335 e. The Kier molecular flexibility index (Phi) is 4.16. The Labute approximate surface area is 132 Å². The van der Waals surface area contributed by atoms with Crippen LogP contribution in [0.15, 0.2) is 57.2 Å². The molecule has 23 heavy (non-hydrogen) atoms. The molecule has 0 bridgehead atoms. The maximum atomic E-state index is 12.7. The summed E-state index contributed by atoms with van der Waals surface area (Å²) in [5, 5.41) is 14.0. The average molecular weight is 356 g/mol. The number of carboxylic acids is 1. The number of aromatic carboxylic acids is 1. The first-order chi connectivity index (χ1) is 10.5. The van der Waals surface area contributed by atoms with E-state index in [1.807, 2.05) is 0 Å². The summed E-state index contributed by atoms with van der Waals surface area (Å²) in [6.07, 6.45) is 0. The standard InChI is InChI=1S/C13H12N2O6S2/c14-10-6-8(13(16)17)7-11(23(15,20)21)12(10)22(18,19)9-4-2-1-3-5-9/h1-7H,14H2,(H,16,17)(H2,15,20,21). The number of primary sulfonamides is 1. The quantitative estimate of drug-likeness (QED) is 0.671. The zero-order valence-electron chi connectivity index (χ0n) is 11.5. The number of hydrogen-bond acceptors (Lipinski definition) is 6. The molecule has 10 heteroatoms. The topological polar surface area (TPSA) is 158 Å². The van der Waals surface area contributed by atoms with E-state index in [-0.39, 0.29) is 4.90 Å². The Hall–Kier alpha value is -2.43. The molecule has 0 unspecified atom stereocenters. The fourth-order valence-electron chi connectivity index (χ4n) is 1.96. The molecule has 0 aliphatic carbocycles. The second-order valence-electron chi connectivity index (χ2n) is 4.56. The van der Waals surface area contributed by atoms with E-state index in [1.54, 1.807) is 6.07 Å². The van der Waals surface area contributed by atoms with E-state index < -0.39 is 46.9 Å². The van der Waals surface area contributed by atoms with Gasteiger partial charge in [0.05, 0.1) is 16.1 Å². The van der Waals surface area contributed by atoms with Gasteiger partial charge in [0.1, 0.15) is 9.79 Å². The minimum atomic E-state index is -4.53. The van der Waals surface area contributed by atoms with E-state index in [0.29, 0.717) is 6.07 Å². The lowest BCUT2D eigenvalue weighted by molar-refractivity contribution is 0.0696. The monoisotopic (exact) mass is 356 g/mol. The summed E-state index contributed by atoms with van der Waals surface area (Å²) in [5.74, 6) is -1.47. The van der Waals surface area contributed by atoms with Crippen molar-refractivity contribution in [2.24, 2.45) is 5.14 Å². The number of benzene rings is 2. The third-order valence-corrected chi connectivity index (χ3v) is 5.91. The van der Waals surface area contributed by atoms with Crippen molar-refractivity contribution in [3.63, 3.8) is 0 Å². The zero-order valence-corrected chi connectivity index (χ0v) is 13.1. The van der Waals surface area contributed by atoms with E-state index in [2.05, 4.69) is 0 Å². The lowest BCUT2D eigenvalue weighted by Crippen LogP contribution is -2.19. The van der Waals surface area contributed by atoms with Gasteiger partial charge in [-0.3, -0.25) is 0 Å². The van der Waals surface area contributed by atoms with Gasteiger partial charge >= 0.3 is 5.97 Å². The number of hydrogen-bond donors (Lipinski definition) is 3. The minimum Gasteiger partial charge on any atom is -0.478 e. The molecule has 0 fully saturated rings. The van der Waals surface area contributed by atoms with Gasteiger partial charge in [-0.05, 0) is 24.3 Å². The number of nitrogens with two attached hydrogens (primary N) is 2. The molecule has 0 spiro atoms. The van der Waals surface area contributed by atoms with E-state index in [9.17, 15) is 21.6 Å². The zero-order chi connectivity index (χ0) is 17.4. The number of sulfone groups is 1. The lowest BCUT2D eigenvalue weighted by Gasteiger charge is -2.13. The molecule has 0 aliphatic heterocycles. The molecule has 0 aliphatic rings. The summed E-state index contributed by atoms with van der Waals surface area (Å²) >= 11 is 0. The molecule has 0 heterocycles. The van der Waals surface area contributed by atoms with Crippen molar-refractivity contribution in [2.75, 3.05) is 5.73 Å². The molecular weight excluding hydrogens is 344 g/mol. The molecule has 0 amide bonds. The lowest BCUT2D eigenvalue weighted by atomic mass is 10.2. The molecule has 8 nitrogen and oxygen atoms in total. The van der Waals surface area contributed by atoms with Crippen molar-refractivity contribution in [3.8, 4) is 0 Å². The molecule has 2 aromatic carbocycles. The summed E-state index contributed by atoms with van der Waals surface area (Å²) < 4.78 is 48.8. The Morgan fingerprint density at radius 3 is 2.04 bits per heavy atom. The van der Waals surface area contributed by atoms with E-state index >= 15 is 0 Å². The summed E-state index contributed by atoms with van der Waals surface area (Å²) in [6, 6.07) is 8.53. The minimum absolute atomic E-state index is 0.195. The van der Waals surface area contributed by atoms with Crippen LogP contribution in [0.3, 0.4) is 0 Å². The van der Waals surface area contributed by atoms with E-state index in [0.717, 1.165) is 6.07 Å². The van der Waals surface area contributed by atoms with Crippen molar-refractivity contribution >= 4 is 31.5 Å². The van der Waals surface area contributed by atoms with Crippen molar-refractivity contribution in [1.29, 1.82) is 0 Å². The van der Waals surface area contributed by atoms with Gasteiger partial charge in [0.2, 0.25) is 19.9 Å². The van der Waals surface area contributed by atoms with Crippen LogP contribution in [0.1, 0.15) is 10.4 Å². The Morgan fingerprint density at radius 2 is 1.57 bits per heavy atom. The second kappa shape index (κ2) is 5.65. The predicted octanol–water partition coefficient (Wildman–Crippen LogP) is 0.447. The number of nitrogen functional groups attached to an aromatic ring is 1. The Bertz CT molecular complexity index is 983. The van der Waals surface area contributed by atoms with Gasteiger partial charge in [-0.25, -0.2) is 26.8 Å². The first-order valence-corrected chi connectivity index (χ1v) is 9.08. The van der Waals surface area contributed by atoms with Crippen molar-refractivity contribution in [1.82, 2.24) is 0 Å². The predicted molar refractivity (Wildman–Crippen MR) is 81.1 cm³/mol. The Balaban J connectivity index is 2.90. The fourth-order valence-corrected chi connectivity index (χ4v) is 4.75. The van der Waals surface area contributed by atoms with Gasteiger partial charge in [0.15, 0.2) is 0 Å². The molecule has 5 N–H and O–H groups in total. The summed E-state index contributed by atoms with van der Waals surface area (Å²) in [4.78, 5) is 9.23. The molecule has 0 radical (unpaired) electrons. The number of sulfonamides is 1. The molecule has 0 atom stereocenters. The van der Waals surface area contributed by atoms with Crippen LogP contribution < -0.4 is 10.9 Å².